The van der Waals surface area contributed by atoms with Crippen LogP contribution in [0.2, 0.25) is 0 Å². The van der Waals surface area contributed by atoms with Crippen LogP contribution in [0.4, 0.5) is 0 Å². The highest BCUT2D eigenvalue weighted by atomic mass is 16.3. The van der Waals surface area contributed by atoms with E-state index < -0.39 is 24.3 Å². The summed E-state index contributed by atoms with van der Waals surface area (Å²) in [6, 6.07) is 44.6. The van der Waals surface area contributed by atoms with E-state index in [0.717, 1.165) is 49.4 Å². The van der Waals surface area contributed by atoms with Gasteiger partial charge in [-0.1, -0.05) is 139 Å². The number of benzene rings is 7. The minimum absolute atomic E-state index is 0.0143. The molecule has 9 aromatic rings. The Morgan fingerprint density at radius 2 is 1.36 bits per heavy atom. The topological polar surface area (TPSA) is 56.9 Å². The van der Waals surface area contributed by atoms with Crippen LogP contribution in [0, 0.1) is 0 Å². The average Bonchev–Trinajstić information content (AvgIpc) is 3.78. The van der Waals surface area contributed by atoms with Crippen molar-refractivity contribution in [3.8, 4) is 16.8 Å². The summed E-state index contributed by atoms with van der Waals surface area (Å²) in [4.78, 5) is 9.86. The SMILES string of the molecule is [2H]c1c([2H])c([2H])c(C2N=C(c3cccc4oc5ccc(-n6c7ccccc7c7ccc(-c8ccccc8)cc76)cc5c34)N=C(c3ccccc3)[N-]2)c([2H])c1[2H]. The normalized spacial score (nSPS) is 16.0. The van der Waals surface area contributed by atoms with E-state index in [0.29, 0.717) is 34.0 Å². The molecule has 0 spiro atoms. The van der Waals surface area contributed by atoms with E-state index in [4.69, 9.17) is 26.6 Å². The first-order chi connectivity index (χ1) is 26.9. The van der Waals surface area contributed by atoms with Crippen molar-refractivity contribution in [3.05, 3.63) is 192 Å². The molecular weight excluding hydrogens is 613 g/mol. The number of nitrogens with zero attached hydrogens (tertiary/aromatic N) is 4. The Bertz CT molecular complexity index is 3050. The molecule has 0 radical (unpaired) electrons. The van der Waals surface area contributed by atoms with Gasteiger partial charge in [0.05, 0.1) is 29.9 Å². The fraction of sp³-hybridized carbons (Fsp3) is 0.0222. The van der Waals surface area contributed by atoms with E-state index in [-0.39, 0.29) is 17.6 Å². The number of furan rings is 1. The zero-order chi connectivity index (χ0) is 37.4. The van der Waals surface area contributed by atoms with Crippen LogP contribution in [-0.4, -0.2) is 16.2 Å². The Kier molecular flexibility index (Phi) is 5.41. The third-order valence-electron chi connectivity index (χ3n) is 9.27. The van der Waals surface area contributed by atoms with Crippen molar-refractivity contribution < 1.29 is 11.3 Å². The molecule has 2 aromatic heterocycles. The Morgan fingerprint density at radius 1 is 0.600 bits per heavy atom. The maximum Gasteiger partial charge on any atom is 0.136 e. The predicted molar refractivity (Wildman–Crippen MR) is 206 cm³/mol. The van der Waals surface area contributed by atoms with Crippen LogP contribution >= 0.6 is 0 Å². The molecule has 5 nitrogen and oxygen atoms in total. The van der Waals surface area contributed by atoms with Gasteiger partial charge in [0.2, 0.25) is 0 Å². The molecule has 0 saturated heterocycles. The van der Waals surface area contributed by atoms with Crippen molar-refractivity contribution in [3.63, 3.8) is 0 Å². The zero-order valence-electron chi connectivity index (χ0n) is 31.6. The standard InChI is InChI=1S/C45H29N4O/c1-4-13-29(14-5-1)32-23-25-35-34-19-10-11-21-38(34)49(39(35)27-32)33-24-26-40-37(28-33)42-36(20-12-22-41(42)50-40)45-47-43(30-15-6-2-7-16-30)46-44(48-45)31-17-8-3-9-18-31/h1-28,43H/q-1/i2D,6D,7D,15D,16D. The van der Waals surface area contributed by atoms with Gasteiger partial charge in [-0.05, 0) is 58.7 Å². The number of fused-ring (bicyclic) bond motifs is 6. The van der Waals surface area contributed by atoms with Gasteiger partial charge < -0.3 is 19.3 Å². The third-order valence-corrected chi connectivity index (χ3v) is 9.27. The van der Waals surface area contributed by atoms with Crippen molar-refractivity contribution in [2.24, 2.45) is 9.98 Å². The monoisotopic (exact) mass is 646 g/mol. The number of aliphatic imine (C=N–C) groups is 2. The molecule has 0 fully saturated rings. The molecule has 1 aliphatic heterocycles. The van der Waals surface area contributed by atoms with Gasteiger partial charge in [0, 0.05) is 32.8 Å². The van der Waals surface area contributed by atoms with Crippen LogP contribution in [0.25, 0.3) is 65.9 Å². The lowest BCUT2D eigenvalue weighted by molar-refractivity contribution is 0.669. The van der Waals surface area contributed by atoms with Gasteiger partial charge in [0.15, 0.2) is 0 Å². The van der Waals surface area contributed by atoms with Crippen LogP contribution in [0.3, 0.4) is 0 Å². The van der Waals surface area contributed by atoms with Crippen molar-refractivity contribution in [2.45, 2.75) is 6.17 Å². The second kappa shape index (κ2) is 11.5. The number of para-hydroxylation sites is 1. The summed E-state index contributed by atoms with van der Waals surface area (Å²) in [5, 5.41) is 8.71. The smallest absolute Gasteiger partial charge is 0.136 e. The Hall–Kier alpha value is -6.72. The quantitative estimate of drug-likeness (QED) is 0.184. The summed E-state index contributed by atoms with van der Waals surface area (Å²) in [5.41, 5.74) is 8.05. The molecule has 3 heterocycles. The molecule has 1 aliphatic rings. The highest BCUT2D eigenvalue weighted by Gasteiger charge is 2.19. The maximum absolute atomic E-state index is 8.74. The average molecular weight is 647 g/mol. The lowest BCUT2D eigenvalue weighted by Crippen LogP contribution is -2.16. The lowest BCUT2D eigenvalue weighted by atomic mass is 10.0. The molecule has 50 heavy (non-hydrogen) atoms. The number of amidine groups is 2. The maximum atomic E-state index is 8.74. The van der Waals surface area contributed by atoms with E-state index in [1.807, 2.05) is 60.7 Å². The van der Waals surface area contributed by atoms with E-state index >= 15 is 0 Å². The second-order valence-electron chi connectivity index (χ2n) is 12.2. The summed E-state index contributed by atoms with van der Waals surface area (Å²) < 4.78 is 51.1. The van der Waals surface area contributed by atoms with Crippen LogP contribution < -0.4 is 0 Å². The Balaban J connectivity index is 1.20. The Labute approximate surface area is 295 Å². The summed E-state index contributed by atoms with van der Waals surface area (Å²) in [6.07, 6.45) is -1.14. The van der Waals surface area contributed by atoms with Crippen molar-refractivity contribution in [2.75, 3.05) is 0 Å². The van der Waals surface area contributed by atoms with Crippen LogP contribution in [0.1, 0.15) is 29.7 Å². The molecule has 0 aliphatic carbocycles. The number of hydrogen-bond donors (Lipinski definition) is 0. The van der Waals surface area contributed by atoms with Gasteiger partial charge in [-0.3, -0.25) is 4.99 Å². The van der Waals surface area contributed by atoms with Gasteiger partial charge in [-0.25, -0.2) is 0 Å². The van der Waals surface area contributed by atoms with E-state index in [1.165, 1.54) is 0 Å². The molecule has 0 amide bonds. The minimum Gasteiger partial charge on any atom is -0.456 e. The van der Waals surface area contributed by atoms with Crippen LogP contribution in [0.15, 0.2) is 184 Å². The van der Waals surface area contributed by atoms with Crippen molar-refractivity contribution >= 4 is 55.4 Å². The minimum atomic E-state index is -1.14. The molecule has 5 heteroatoms. The van der Waals surface area contributed by atoms with Gasteiger partial charge >= 0.3 is 0 Å². The van der Waals surface area contributed by atoms with Crippen LogP contribution in [-0.2, 0) is 0 Å². The summed E-state index contributed by atoms with van der Waals surface area (Å²) in [5.74, 6) is 0.654. The third kappa shape index (κ3) is 4.63. The van der Waals surface area contributed by atoms with E-state index in [9.17, 15) is 0 Å². The van der Waals surface area contributed by atoms with Crippen molar-refractivity contribution in [1.29, 1.82) is 0 Å². The second-order valence-corrected chi connectivity index (χ2v) is 12.2. The van der Waals surface area contributed by atoms with Gasteiger partial charge in [0.1, 0.15) is 11.2 Å². The van der Waals surface area contributed by atoms with E-state index in [2.05, 4.69) is 83.4 Å². The number of hydrogen-bond acceptors (Lipinski definition) is 3. The highest BCUT2D eigenvalue weighted by molar-refractivity contribution is 6.24. The number of rotatable bonds is 5. The highest BCUT2D eigenvalue weighted by Crippen LogP contribution is 2.39. The van der Waals surface area contributed by atoms with Gasteiger partial charge in [-0.2, -0.15) is 0 Å². The van der Waals surface area contributed by atoms with Gasteiger partial charge in [-0.15, -0.1) is 0 Å². The van der Waals surface area contributed by atoms with Crippen molar-refractivity contribution in [1.82, 2.24) is 4.57 Å². The molecule has 236 valence electrons. The molecular formula is C45H29N4O-. The molecule has 1 atom stereocenters. The molecule has 0 saturated carbocycles. The summed E-state index contributed by atoms with van der Waals surface area (Å²) >= 11 is 0. The molecule has 0 bridgehead atoms. The molecule has 7 aromatic carbocycles. The first-order valence-corrected chi connectivity index (χ1v) is 16.4. The van der Waals surface area contributed by atoms with Crippen LogP contribution in [0.5, 0.6) is 0 Å². The number of aromatic nitrogens is 1. The first kappa shape index (κ1) is 23.6. The first-order valence-electron chi connectivity index (χ1n) is 18.9. The zero-order valence-corrected chi connectivity index (χ0v) is 26.6. The van der Waals surface area contributed by atoms with Gasteiger partial charge in [0.25, 0.3) is 0 Å². The molecule has 0 N–H and O–H groups in total. The largest absolute Gasteiger partial charge is 0.456 e. The van der Waals surface area contributed by atoms with E-state index in [1.54, 1.807) is 0 Å². The fourth-order valence-electron chi connectivity index (χ4n) is 6.99. The fourth-order valence-corrected chi connectivity index (χ4v) is 6.99. The Morgan fingerprint density at radius 3 is 2.20 bits per heavy atom. The molecule has 1 unspecified atom stereocenters. The molecule has 10 rings (SSSR count). The lowest BCUT2D eigenvalue weighted by Gasteiger charge is -2.32. The predicted octanol–water partition coefficient (Wildman–Crippen LogP) is 11.6. The summed E-state index contributed by atoms with van der Waals surface area (Å²) in [6.45, 7) is 0. The summed E-state index contributed by atoms with van der Waals surface area (Å²) in [7, 11) is 0.